The molecule has 0 bridgehead atoms. The van der Waals surface area contributed by atoms with Crippen LogP contribution < -0.4 is 10.5 Å². The summed E-state index contributed by atoms with van der Waals surface area (Å²) in [5.74, 6) is 1.00. The van der Waals surface area contributed by atoms with E-state index in [-0.39, 0.29) is 0 Å². The van der Waals surface area contributed by atoms with Crippen LogP contribution in [-0.2, 0) is 6.54 Å². The first-order valence-corrected chi connectivity index (χ1v) is 8.41. The SMILES string of the molecule is Cc1ccc(OC2CCN(Cc3cccc(N)c3)CC2)cc1C. The Hall–Kier alpha value is -2.00. The van der Waals surface area contributed by atoms with Gasteiger partial charge < -0.3 is 10.5 Å². The summed E-state index contributed by atoms with van der Waals surface area (Å²) >= 11 is 0. The van der Waals surface area contributed by atoms with Gasteiger partial charge in [0.25, 0.3) is 0 Å². The zero-order valence-corrected chi connectivity index (χ0v) is 14.1. The van der Waals surface area contributed by atoms with Crippen molar-refractivity contribution in [2.45, 2.75) is 39.3 Å². The number of likely N-dealkylation sites (tertiary alicyclic amines) is 1. The van der Waals surface area contributed by atoms with Crippen LogP contribution in [0.1, 0.15) is 29.5 Å². The molecular weight excluding hydrogens is 284 g/mol. The summed E-state index contributed by atoms with van der Waals surface area (Å²) in [6.07, 6.45) is 2.49. The van der Waals surface area contributed by atoms with Crippen LogP contribution in [0.5, 0.6) is 5.75 Å². The van der Waals surface area contributed by atoms with E-state index in [9.17, 15) is 0 Å². The predicted molar refractivity (Wildman–Crippen MR) is 95.7 cm³/mol. The first kappa shape index (κ1) is 15.9. The number of anilines is 1. The van der Waals surface area contributed by atoms with Gasteiger partial charge in [-0.25, -0.2) is 0 Å². The van der Waals surface area contributed by atoms with Crippen LogP contribution >= 0.6 is 0 Å². The minimum absolute atomic E-state index is 0.328. The van der Waals surface area contributed by atoms with Crippen molar-refractivity contribution in [1.82, 2.24) is 4.90 Å². The summed E-state index contributed by atoms with van der Waals surface area (Å²) in [5.41, 5.74) is 10.6. The first-order chi connectivity index (χ1) is 11.1. The van der Waals surface area contributed by atoms with Gasteiger partial charge in [0.2, 0.25) is 0 Å². The van der Waals surface area contributed by atoms with Crippen molar-refractivity contribution < 1.29 is 4.74 Å². The highest BCUT2D eigenvalue weighted by atomic mass is 16.5. The highest BCUT2D eigenvalue weighted by Gasteiger charge is 2.20. The normalized spacial score (nSPS) is 16.4. The van der Waals surface area contributed by atoms with Crippen LogP contribution in [0.4, 0.5) is 5.69 Å². The number of hydrogen-bond acceptors (Lipinski definition) is 3. The summed E-state index contributed by atoms with van der Waals surface area (Å²) in [6, 6.07) is 14.6. The molecule has 0 atom stereocenters. The number of nitrogen functional groups attached to an aromatic ring is 1. The number of aryl methyl sites for hydroxylation is 2. The van der Waals surface area contributed by atoms with Crippen LogP contribution in [0.15, 0.2) is 42.5 Å². The van der Waals surface area contributed by atoms with Gasteiger partial charge in [0, 0.05) is 25.3 Å². The van der Waals surface area contributed by atoms with E-state index in [2.05, 4.69) is 49.1 Å². The number of benzene rings is 2. The maximum absolute atomic E-state index is 6.16. The third-order valence-corrected chi connectivity index (χ3v) is 4.67. The molecule has 2 N–H and O–H groups in total. The maximum atomic E-state index is 6.16. The van der Waals surface area contributed by atoms with Crippen LogP contribution in [0, 0.1) is 13.8 Å². The average molecular weight is 310 g/mol. The Kier molecular flexibility index (Phi) is 4.87. The van der Waals surface area contributed by atoms with Crippen molar-refractivity contribution in [2.75, 3.05) is 18.8 Å². The van der Waals surface area contributed by atoms with Crippen LogP contribution in [-0.4, -0.2) is 24.1 Å². The average Bonchev–Trinajstić information content (AvgIpc) is 2.53. The molecule has 23 heavy (non-hydrogen) atoms. The van der Waals surface area contributed by atoms with Crippen LogP contribution in [0.2, 0.25) is 0 Å². The smallest absolute Gasteiger partial charge is 0.120 e. The molecule has 1 saturated heterocycles. The van der Waals surface area contributed by atoms with Crippen molar-refractivity contribution in [3.05, 3.63) is 59.2 Å². The molecule has 122 valence electrons. The van der Waals surface area contributed by atoms with Gasteiger partial charge >= 0.3 is 0 Å². The minimum Gasteiger partial charge on any atom is -0.490 e. The molecule has 0 saturated carbocycles. The van der Waals surface area contributed by atoms with Gasteiger partial charge in [0.15, 0.2) is 0 Å². The van der Waals surface area contributed by atoms with E-state index in [1.807, 2.05) is 12.1 Å². The molecule has 3 nitrogen and oxygen atoms in total. The van der Waals surface area contributed by atoms with Gasteiger partial charge in [0.05, 0.1) is 0 Å². The molecule has 0 spiro atoms. The summed E-state index contributed by atoms with van der Waals surface area (Å²) in [7, 11) is 0. The summed E-state index contributed by atoms with van der Waals surface area (Å²) in [6.45, 7) is 7.39. The second-order valence-electron chi connectivity index (χ2n) is 6.58. The predicted octanol–water partition coefficient (Wildman–Crippen LogP) is 3.93. The van der Waals surface area contributed by atoms with E-state index in [0.717, 1.165) is 43.9 Å². The molecule has 1 aliphatic rings. The molecule has 0 amide bonds. The largest absolute Gasteiger partial charge is 0.490 e. The fourth-order valence-corrected chi connectivity index (χ4v) is 3.11. The van der Waals surface area contributed by atoms with Gasteiger partial charge in [-0.05, 0) is 67.6 Å². The third-order valence-electron chi connectivity index (χ3n) is 4.67. The van der Waals surface area contributed by atoms with Crippen molar-refractivity contribution in [1.29, 1.82) is 0 Å². The van der Waals surface area contributed by atoms with Gasteiger partial charge in [-0.1, -0.05) is 18.2 Å². The van der Waals surface area contributed by atoms with Gasteiger partial charge in [0.1, 0.15) is 11.9 Å². The van der Waals surface area contributed by atoms with Crippen LogP contribution in [0.3, 0.4) is 0 Å². The van der Waals surface area contributed by atoms with Crippen molar-refractivity contribution in [2.24, 2.45) is 0 Å². The molecule has 2 aromatic carbocycles. The lowest BCUT2D eigenvalue weighted by Gasteiger charge is -2.32. The second kappa shape index (κ2) is 7.05. The fourth-order valence-electron chi connectivity index (χ4n) is 3.11. The zero-order chi connectivity index (χ0) is 16.2. The third kappa shape index (κ3) is 4.26. The Morgan fingerprint density at radius 2 is 1.83 bits per heavy atom. The summed E-state index contributed by atoms with van der Waals surface area (Å²) in [4.78, 5) is 2.48. The van der Waals surface area contributed by atoms with E-state index in [1.54, 1.807) is 0 Å². The van der Waals surface area contributed by atoms with Crippen molar-refractivity contribution >= 4 is 5.69 Å². The van der Waals surface area contributed by atoms with E-state index in [4.69, 9.17) is 10.5 Å². The fraction of sp³-hybridized carbons (Fsp3) is 0.400. The monoisotopic (exact) mass is 310 g/mol. The highest BCUT2D eigenvalue weighted by Crippen LogP contribution is 2.22. The second-order valence-corrected chi connectivity index (χ2v) is 6.58. The van der Waals surface area contributed by atoms with E-state index in [0.29, 0.717) is 6.10 Å². The molecular formula is C20H26N2O. The number of hydrogen-bond donors (Lipinski definition) is 1. The number of ether oxygens (including phenoxy) is 1. The van der Waals surface area contributed by atoms with Gasteiger partial charge in [-0.3, -0.25) is 4.90 Å². The topological polar surface area (TPSA) is 38.5 Å². The Balaban J connectivity index is 1.51. The first-order valence-electron chi connectivity index (χ1n) is 8.41. The summed E-state index contributed by atoms with van der Waals surface area (Å²) in [5, 5.41) is 0. The molecule has 2 aromatic rings. The minimum atomic E-state index is 0.328. The lowest BCUT2D eigenvalue weighted by Crippen LogP contribution is -2.37. The molecule has 1 fully saturated rings. The van der Waals surface area contributed by atoms with Crippen molar-refractivity contribution in [3.8, 4) is 5.75 Å². The van der Waals surface area contributed by atoms with Crippen molar-refractivity contribution in [3.63, 3.8) is 0 Å². The molecule has 3 rings (SSSR count). The molecule has 0 radical (unpaired) electrons. The quantitative estimate of drug-likeness (QED) is 0.870. The maximum Gasteiger partial charge on any atom is 0.120 e. The number of piperidine rings is 1. The standard InChI is InChI=1S/C20H26N2O/c1-15-6-7-20(12-16(15)2)23-19-8-10-22(11-9-19)14-17-4-3-5-18(21)13-17/h3-7,12-13,19H,8-11,14,21H2,1-2H3. The molecule has 0 unspecified atom stereocenters. The Bertz CT molecular complexity index is 660. The lowest BCUT2D eigenvalue weighted by molar-refractivity contribution is 0.0967. The Morgan fingerprint density at radius 3 is 2.52 bits per heavy atom. The molecule has 3 heteroatoms. The number of nitrogens with two attached hydrogens (primary N) is 1. The van der Waals surface area contributed by atoms with E-state index in [1.165, 1.54) is 16.7 Å². The Labute approximate surface area is 139 Å². The molecule has 1 heterocycles. The number of nitrogens with zero attached hydrogens (tertiary/aromatic N) is 1. The molecule has 0 aromatic heterocycles. The van der Waals surface area contributed by atoms with Gasteiger partial charge in [-0.2, -0.15) is 0 Å². The Morgan fingerprint density at radius 1 is 1.04 bits per heavy atom. The van der Waals surface area contributed by atoms with E-state index >= 15 is 0 Å². The van der Waals surface area contributed by atoms with E-state index < -0.39 is 0 Å². The number of rotatable bonds is 4. The van der Waals surface area contributed by atoms with Crippen LogP contribution in [0.25, 0.3) is 0 Å². The molecule has 0 aliphatic carbocycles. The highest BCUT2D eigenvalue weighted by molar-refractivity contribution is 5.40. The molecule has 1 aliphatic heterocycles. The zero-order valence-electron chi connectivity index (χ0n) is 14.1. The van der Waals surface area contributed by atoms with Gasteiger partial charge in [-0.15, -0.1) is 0 Å². The summed E-state index contributed by atoms with van der Waals surface area (Å²) < 4.78 is 6.16. The lowest BCUT2D eigenvalue weighted by atomic mass is 10.1.